The molecule has 4 fully saturated rings. The number of carbonyl (C=O) groups excluding carboxylic acids is 2. The monoisotopic (exact) mass is 442 g/mol. The Bertz CT molecular complexity index is 868. The maximum absolute atomic E-state index is 13.8. The molecule has 3 aliphatic carbocycles. The SMILES string of the molecule is C=C[C@@H]1C[C@]1(NC(=O)C1C[C@@]2(CN1C(=O)[C@@H](N)C(C)(C)C)C(C)(C)C21CCC1)C(=C)NC. The zero-order chi connectivity index (χ0) is 23.9. The first-order valence-corrected chi connectivity index (χ1v) is 12.1. The molecule has 0 aromatic heterocycles. The van der Waals surface area contributed by atoms with Crippen molar-refractivity contribution in [1.29, 1.82) is 0 Å². The molecule has 6 heteroatoms. The third kappa shape index (κ3) is 2.74. The smallest absolute Gasteiger partial charge is 0.243 e. The summed E-state index contributed by atoms with van der Waals surface area (Å²) in [5, 5.41) is 6.39. The lowest BCUT2D eigenvalue weighted by molar-refractivity contribution is -0.141. The molecule has 32 heavy (non-hydrogen) atoms. The summed E-state index contributed by atoms with van der Waals surface area (Å²) < 4.78 is 0. The predicted octanol–water partition coefficient (Wildman–Crippen LogP) is 2.95. The van der Waals surface area contributed by atoms with Gasteiger partial charge in [-0.25, -0.2) is 0 Å². The van der Waals surface area contributed by atoms with Crippen LogP contribution < -0.4 is 16.4 Å². The second-order valence-corrected chi connectivity index (χ2v) is 12.4. The van der Waals surface area contributed by atoms with Crippen LogP contribution in [0.5, 0.6) is 0 Å². The van der Waals surface area contributed by atoms with Crippen LogP contribution in [-0.2, 0) is 9.59 Å². The minimum Gasteiger partial charge on any atom is -0.390 e. The summed E-state index contributed by atoms with van der Waals surface area (Å²) in [4.78, 5) is 29.2. The van der Waals surface area contributed by atoms with Crippen LogP contribution in [0.25, 0.3) is 0 Å². The number of amides is 2. The molecule has 1 saturated heterocycles. The van der Waals surface area contributed by atoms with Crippen LogP contribution in [-0.4, -0.2) is 47.9 Å². The van der Waals surface area contributed by atoms with Crippen molar-refractivity contribution in [3.63, 3.8) is 0 Å². The van der Waals surface area contributed by atoms with Gasteiger partial charge in [-0.05, 0) is 41.9 Å². The highest BCUT2D eigenvalue weighted by Gasteiger charge is 2.85. The largest absolute Gasteiger partial charge is 0.390 e. The number of hydrogen-bond donors (Lipinski definition) is 3. The van der Waals surface area contributed by atoms with Gasteiger partial charge in [0.2, 0.25) is 11.8 Å². The topological polar surface area (TPSA) is 87.5 Å². The van der Waals surface area contributed by atoms with Crippen LogP contribution in [0.3, 0.4) is 0 Å². The van der Waals surface area contributed by atoms with Crippen LogP contribution in [0.15, 0.2) is 24.9 Å². The van der Waals surface area contributed by atoms with E-state index >= 15 is 0 Å². The number of fused-ring (bicyclic) bond motifs is 1. The first kappa shape index (κ1) is 23.3. The summed E-state index contributed by atoms with van der Waals surface area (Å²) in [5.74, 6) is -0.0448. The van der Waals surface area contributed by atoms with E-state index in [9.17, 15) is 9.59 Å². The Morgan fingerprint density at radius 2 is 1.81 bits per heavy atom. The molecule has 1 aliphatic heterocycles. The molecule has 6 nitrogen and oxygen atoms in total. The van der Waals surface area contributed by atoms with Crippen LogP contribution in [0.2, 0.25) is 0 Å². The van der Waals surface area contributed by atoms with Gasteiger partial charge < -0.3 is 21.3 Å². The average Bonchev–Trinajstić information content (AvgIpc) is 3.40. The molecular formula is C26H42N4O2. The molecule has 0 aromatic rings. The van der Waals surface area contributed by atoms with E-state index in [0.717, 1.165) is 18.5 Å². The Kier molecular flexibility index (Phi) is 4.99. The van der Waals surface area contributed by atoms with Gasteiger partial charge in [0.1, 0.15) is 6.04 Å². The maximum Gasteiger partial charge on any atom is 0.243 e. The predicted molar refractivity (Wildman–Crippen MR) is 127 cm³/mol. The lowest BCUT2D eigenvalue weighted by Gasteiger charge is -2.34. The molecule has 4 rings (SSSR count). The average molecular weight is 443 g/mol. The minimum absolute atomic E-state index is 0.00207. The number of carbonyl (C=O) groups is 2. The third-order valence-electron chi connectivity index (χ3n) is 10.1. The summed E-state index contributed by atoms with van der Waals surface area (Å²) in [5.41, 5.74) is 6.72. The van der Waals surface area contributed by atoms with Crippen molar-refractivity contribution in [2.45, 2.75) is 84.3 Å². The molecule has 4 N–H and O–H groups in total. The van der Waals surface area contributed by atoms with Crippen LogP contribution in [0, 0.1) is 27.6 Å². The Labute approximate surface area is 193 Å². The summed E-state index contributed by atoms with van der Waals surface area (Å²) in [6.07, 6.45) is 7.01. The van der Waals surface area contributed by atoms with Crippen molar-refractivity contribution in [2.75, 3.05) is 13.6 Å². The van der Waals surface area contributed by atoms with Crippen molar-refractivity contribution in [2.24, 2.45) is 33.3 Å². The molecule has 1 heterocycles. The van der Waals surface area contributed by atoms with Gasteiger partial charge in [0.15, 0.2) is 0 Å². The fraction of sp³-hybridized carbons (Fsp3) is 0.769. The summed E-state index contributed by atoms with van der Waals surface area (Å²) >= 11 is 0. The van der Waals surface area contributed by atoms with E-state index in [0.29, 0.717) is 6.54 Å². The Morgan fingerprint density at radius 3 is 2.22 bits per heavy atom. The molecule has 0 bridgehead atoms. The molecule has 2 spiro atoms. The van der Waals surface area contributed by atoms with E-state index in [1.165, 1.54) is 19.3 Å². The van der Waals surface area contributed by atoms with E-state index in [4.69, 9.17) is 5.73 Å². The molecule has 0 radical (unpaired) electrons. The van der Waals surface area contributed by atoms with E-state index in [2.05, 4.69) is 37.6 Å². The van der Waals surface area contributed by atoms with Gasteiger partial charge >= 0.3 is 0 Å². The van der Waals surface area contributed by atoms with Crippen LogP contribution in [0.4, 0.5) is 0 Å². The fourth-order valence-electron chi connectivity index (χ4n) is 7.28. The summed E-state index contributed by atoms with van der Waals surface area (Å²) in [6.45, 7) is 19.3. The molecule has 0 aromatic carbocycles. The lowest BCUT2D eigenvalue weighted by Crippen LogP contribution is -2.56. The standard InChI is InChI=1S/C26H42N4O2/c1-9-17-13-26(17,16(2)28-8)29-20(31)18-14-25(23(6,7)24(25)11-10-12-24)15-30(18)21(32)19(27)22(3,4)5/h9,17-19,28H,1-2,10-15,27H2,3-8H3,(H,29,31)/t17-,18?,19-,25-,26+/m1/s1. The number of hydrogen-bond acceptors (Lipinski definition) is 4. The third-order valence-corrected chi connectivity index (χ3v) is 10.1. The highest BCUT2D eigenvalue weighted by Crippen LogP contribution is 2.88. The summed E-state index contributed by atoms with van der Waals surface area (Å²) in [6, 6.07) is -1.14. The maximum atomic E-state index is 13.8. The highest BCUT2D eigenvalue weighted by atomic mass is 16.2. The normalized spacial score (nSPS) is 36.9. The Hall–Kier alpha value is -1.82. The van der Waals surface area contributed by atoms with E-state index in [1.807, 2.05) is 38.8 Å². The van der Waals surface area contributed by atoms with Crippen molar-refractivity contribution >= 4 is 11.8 Å². The quantitative estimate of drug-likeness (QED) is 0.552. The first-order chi connectivity index (χ1) is 14.7. The van der Waals surface area contributed by atoms with Gasteiger partial charge in [0.05, 0.1) is 11.6 Å². The second-order valence-electron chi connectivity index (χ2n) is 12.4. The molecule has 3 saturated carbocycles. The van der Waals surface area contributed by atoms with E-state index < -0.39 is 17.6 Å². The van der Waals surface area contributed by atoms with Crippen molar-refractivity contribution < 1.29 is 9.59 Å². The van der Waals surface area contributed by atoms with E-state index in [1.54, 1.807) is 0 Å². The van der Waals surface area contributed by atoms with Gasteiger partial charge in [0.25, 0.3) is 0 Å². The van der Waals surface area contributed by atoms with Crippen LogP contribution >= 0.6 is 0 Å². The van der Waals surface area contributed by atoms with Crippen molar-refractivity contribution in [1.82, 2.24) is 15.5 Å². The first-order valence-electron chi connectivity index (χ1n) is 12.1. The number of rotatable bonds is 6. The van der Waals surface area contributed by atoms with Crippen molar-refractivity contribution in [3.05, 3.63) is 24.9 Å². The van der Waals surface area contributed by atoms with Gasteiger partial charge in [-0.3, -0.25) is 9.59 Å². The zero-order valence-electron chi connectivity index (χ0n) is 20.8. The molecule has 4 aliphatic rings. The number of nitrogens with two attached hydrogens (primary N) is 1. The molecule has 5 atom stereocenters. The number of nitrogens with zero attached hydrogens (tertiary/aromatic N) is 1. The number of nitrogens with one attached hydrogen (secondary N) is 2. The molecule has 1 unspecified atom stereocenters. The summed E-state index contributed by atoms with van der Waals surface area (Å²) in [7, 11) is 1.82. The van der Waals surface area contributed by atoms with Gasteiger partial charge in [-0.1, -0.05) is 53.7 Å². The Balaban J connectivity index is 1.64. The highest BCUT2D eigenvalue weighted by molar-refractivity contribution is 5.92. The van der Waals surface area contributed by atoms with Crippen molar-refractivity contribution in [3.8, 4) is 0 Å². The lowest BCUT2D eigenvalue weighted by atomic mass is 9.73. The fourth-order valence-corrected chi connectivity index (χ4v) is 7.28. The molecular weight excluding hydrogens is 400 g/mol. The minimum atomic E-state index is -0.643. The van der Waals surface area contributed by atoms with Crippen LogP contribution in [0.1, 0.15) is 66.7 Å². The second kappa shape index (κ2) is 6.85. The van der Waals surface area contributed by atoms with E-state index in [-0.39, 0.29) is 39.4 Å². The van der Waals surface area contributed by atoms with Gasteiger partial charge in [-0.15, -0.1) is 6.58 Å². The molecule has 178 valence electrons. The number of likely N-dealkylation sites (tertiary alicyclic amines) is 1. The zero-order valence-corrected chi connectivity index (χ0v) is 20.8. The molecule has 2 amide bonds. The van der Waals surface area contributed by atoms with Gasteiger partial charge in [-0.2, -0.15) is 0 Å². The number of likely N-dealkylation sites (N-methyl/N-ethyl adjacent to an activating group) is 1. The van der Waals surface area contributed by atoms with Gasteiger partial charge in [0, 0.05) is 30.6 Å². The Morgan fingerprint density at radius 1 is 1.19 bits per heavy atom.